The Balaban J connectivity index is 1.61. The van der Waals surface area contributed by atoms with E-state index in [1.165, 1.54) is 16.2 Å². The van der Waals surface area contributed by atoms with Crippen LogP contribution in [0, 0.1) is 5.92 Å². The van der Waals surface area contributed by atoms with Crippen LogP contribution in [0.2, 0.25) is 0 Å². The molecule has 2 heterocycles. The number of nitrogens with zero attached hydrogens (tertiary/aromatic N) is 2. The van der Waals surface area contributed by atoms with Crippen LogP contribution in [0.25, 0.3) is 10.6 Å². The van der Waals surface area contributed by atoms with Gasteiger partial charge in [-0.15, -0.1) is 23.1 Å². The Morgan fingerprint density at radius 3 is 2.57 bits per heavy atom. The Labute approximate surface area is 233 Å². The van der Waals surface area contributed by atoms with Crippen LogP contribution in [-0.2, 0) is 10.5 Å². The molecule has 194 valence electrons. The highest BCUT2D eigenvalue weighted by Gasteiger charge is 2.32. The minimum absolute atomic E-state index is 0.0536. The Kier molecular flexibility index (Phi) is 8.49. The largest absolute Gasteiger partial charge is 0.378 e. The monoisotopic (exact) mass is 600 g/mol. The van der Waals surface area contributed by atoms with E-state index in [-0.39, 0.29) is 11.7 Å². The molecule has 2 fully saturated rings. The minimum atomic E-state index is -0.689. The number of thioether (sulfide) groups is 1. The summed E-state index contributed by atoms with van der Waals surface area (Å²) in [6.45, 7) is 2.67. The van der Waals surface area contributed by atoms with Crippen molar-refractivity contribution in [1.29, 1.82) is 0 Å². The molecule has 2 amide bonds. The average molecular weight is 602 g/mol. The molecule has 2 aromatic carbocycles. The second kappa shape index (κ2) is 12.0. The van der Waals surface area contributed by atoms with Crippen LogP contribution < -0.4 is 16.0 Å². The molecular weight excluding hydrogens is 572 g/mol. The molecule has 0 spiro atoms. The topological polar surface area (TPSA) is 97.6 Å². The number of halogens is 1. The first-order chi connectivity index (χ1) is 18.0. The molecule has 37 heavy (non-hydrogen) atoms. The maximum absolute atomic E-state index is 14.0. The molecule has 10 heteroatoms. The number of morpholine rings is 1. The van der Waals surface area contributed by atoms with Crippen molar-refractivity contribution in [2.75, 3.05) is 36.5 Å². The molecule has 1 aromatic heterocycles. The summed E-state index contributed by atoms with van der Waals surface area (Å²) in [6.07, 6.45) is 3.79. The molecule has 0 unspecified atom stereocenters. The lowest BCUT2D eigenvalue weighted by atomic mass is 9.90. The molecule has 0 atom stereocenters. The second-order valence-corrected chi connectivity index (χ2v) is 12.5. The van der Waals surface area contributed by atoms with Gasteiger partial charge in [0.05, 0.1) is 33.9 Å². The van der Waals surface area contributed by atoms with Crippen LogP contribution in [0.4, 0.5) is 16.2 Å². The number of anilines is 2. The predicted molar refractivity (Wildman–Crippen MR) is 154 cm³/mol. The van der Waals surface area contributed by atoms with E-state index in [0.29, 0.717) is 30.2 Å². The van der Waals surface area contributed by atoms with Crippen molar-refractivity contribution in [1.82, 2.24) is 4.98 Å². The van der Waals surface area contributed by atoms with E-state index >= 15 is 0 Å². The van der Waals surface area contributed by atoms with Gasteiger partial charge >= 0.3 is 6.03 Å². The molecule has 1 saturated heterocycles. The van der Waals surface area contributed by atoms with Gasteiger partial charge in [0.1, 0.15) is 5.01 Å². The maximum atomic E-state index is 14.0. The molecule has 0 radical (unpaired) electrons. The van der Waals surface area contributed by atoms with Crippen LogP contribution in [0.5, 0.6) is 0 Å². The number of nitrogens with one attached hydrogen (secondary N) is 1. The summed E-state index contributed by atoms with van der Waals surface area (Å²) in [5, 5.41) is 3.48. The van der Waals surface area contributed by atoms with Crippen molar-refractivity contribution in [2.45, 2.75) is 36.3 Å². The van der Waals surface area contributed by atoms with Crippen LogP contribution in [0.1, 0.15) is 41.7 Å². The second-order valence-electron chi connectivity index (χ2n) is 9.16. The van der Waals surface area contributed by atoms with Gasteiger partial charge in [0.25, 0.3) is 0 Å². The highest BCUT2D eigenvalue weighted by molar-refractivity contribution is 9.11. The molecule has 3 aromatic rings. The van der Waals surface area contributed by atoms with Crippen LogP contribution in [0.3, 0.4) is 0 Å². The molecular formula is C27H29BrN4O3S2. The predicted octanol–water partition coefficient (Wildman–Crippen LogP) is 6.57. The summed E-state index contributed by atoms with van der Waals surface area (Å²) in [5.41, 5.74) is 9.12. The van der Waals surface area contributed by atoms with Gasteiger partial charge in [-0.3, -0.25) is 4.79 Å². The number of ketones is 1. The van der Waals surface area contributed by atoms with Gasteiger partial charge in [-0.1, -0.05) is 31.0 Å². The highest BCUT2D eigenvalue weighted by atomic mass is 79.9. The summed E-state index contributed by atoms with van der Waals surface area (Å²) in [4.78, 5) is 34.4. The van der Waals surface area contributed by atoms with Gasteiger partial charge < -0.3 is 20.7 Å². The number of thiazole rings is 1. The van der Waals surface area contributed by atoms with Crippen molar-refractivity contribution in [3.8, 4) is 10.6 Å². The van der Waals surface area contributed by atoms with Crippen LogP contribution >= 0.6 is 39.0 Å². The molecule has 3 N–H and O–H groups in total. The van der Waals surface area contributed by atoms with Crippen LogP contribution in [0.15, 0.2) is 51.1 Å². The molecule has 0 bridgehead atoms. The van der Waals surface area contributed by atoms with Crippen molar-refractivity contribution in [2.24, 2.45) is 11.7 Å². The number of hydrogen-bond donors (Lipinski definition) is 2. The number of ether oxygens (including phenoxy) is 1. The molecule has 1 aliphatic carbocycles. The normalized spacial score (nSPS) is 16.2. The van der Waals surface area contributed by atoms with Gasteiger partial charge in [-0.25, -0.2) is 9.78 Å². The van der Waals surface area contributed by atoms with Crippen molar-refractivity contribution in [3.63, 3.8) is 0 Å². The van der Waals surface area contributed by atoms with Gasteiger partial charge in [0.2, 0.25) is 0 Å². The zero-order chi connectivity index (χ0) is 25.8. The van der Waals surface area contributed by atoms with E-state index in [9.17, 15) is 9.59 Å². The number of amides is 2. The lowest BCUT2D eigenvalue weighted by Gasteiger charge is -2.31. The van der Waals surface area contributed by atoms with Crippen molar-refractivity contribution < 1.29 is 14.3 Å². The summed E-state index contributed by atoms with van der Waals surface area (Å²) in [6, 6.07) is 13.3. The third-order valence-corrected chi connectivity index (χ3v) is 9.62. The Bertz CT molecular complexity index is 1270. The first-order valence-corrected chi connectivity index (χ1v) is 15.0. The van der Waals surface area contributed by atoms with Crippen LogP contribution in [-0.4, -0.2) is 43.1 Å². The average Bonchev–Trinajstić information content (AvgIpc) is 3.58. The number of hydrogen-bond acceptors (Lipinski definition) is 7. The standard InChI is InChI=1S/C27H29BrN4O3S2/c28-25-20(16-36-18-8-2-1-3-9-18)30-26(37-25)23-21(32-12-14-35-15-13-32)11-10-19(31-27(29)34)22(23)24(33)17-6-4-5-7-17/h1-3,8-11,17H,4-7,12-16H2,(H3,29,31,34). The highest BCUT2D eigenvalue weighted by Crippen LogP contribution is 2.45. The van der Waals surface area contributed by atoms with Crippen molar-refractivity contribution >= 4 is 62.2 Å². The number of urea groups is 1. The summed E-state index contributed by atoms with van der Waals surface area (Å²) < 4.78 is 6.53. The van der Waals surface area contributed by atoms with E-state index < -0.39 is 6.03 Å². The number of nitrogens with two attached hydrogens (primary N) is 1. The number of carbonyl (C=O) groups is 2. The number of benzene rings is 2. The smallest absolute Gasteiger partial charge is 0.316 e. The first-order valence-electron chi connectivity index (χ1n) is 12.4. The fourth-order valence-electron chi connectivity index (χ4n) is 4.96. The van der Waals surface area contributed by atoms with Gasteiger partial charge in [-0.05, 0) is 53.0 Å². The van der Waals surface area contributed by atoms with Gasteiger partial charge in [0, 0.05) is 40.9 Å². The lowest BCUT2D eigenvalue weighted by molar-refractivity contribution is 0.0924. The number of Topliss-reactive ketones (excluding diaryl/α,β-unsaturated/α-hetero) is 1. The van der Waals surface area contributed by atoms with Gasteiger partial charge in [-0.2, -0.15) is 0 Å². The lowest BCUT2D eigenvalue weighted by Crippen LogP contribution is -2.37. The minimum Gasteiger partial charge on any atom is -0.378 e. The summed E-state index contributed by atoms with van der Waals surface area (Å²) in [7, 11) is 0. The molecule has 5 rings (SSSR count). The Hall–Kier alpha value is -2.40. The zero-order valence-corrected chi connectivity index (χ0v) is 23.6. The quantitative estimate of drug-likeness (QED) is 0.224. The summed E-state index contributed by atoms with van der Waals surface area (Å²) in [5.74, 6) is 0.681. The molecule has 2 aliphatic rings. The SMILES string of the molecule is NC(=O)Nc1ccc(N2CCOCC2)c(-c2nc(CSc3ccccc3)c(Br)s2)c1C(=O)C1CCCC1. The number of primary amides is 1. The van der Waals surface area contributed by atoms with E-state index in [1.807, 2.05) is 24.3 Å². The molecule has 1 aliphatic heterocycles. The number of carbonyl (C=O) groups excluding carboxylic acids is 2. The van der Waals surface area contributed by atoms with Gasteiger partial charge in [0.15, 0.2) is 5.78 Å². The fraction of sp³-hybridized carbons (Fsp3) is 0.370. The zero-order valence-electron chi connectivity index (χ0n) is 20.4. The number of aromatic nitrogens is 1. The fourth-order valence-corrected chi connectivity index (χ4v) is 7.66. The maximum Gasteiger partial charge on any atom is 0.316 e. The van der Waals surface area contributed by atoms with E-state index in [4.69, 9.17) is 15.5 Å². The third kappa shape index (κ3) is 6.03. The van der Waals surface area contributed by atoms with E-state index in [1.54, 1.807) is 17.8 Å². The van der Waals surface area contributed by atoms with E-state index in [0.717, 1.165) is 64.5 Å². The molecule has 1 saturated carbocycles. The first kappa shape index (κ1) is 26.2. The molecule has 7 nitrogen and oxygen atoms in total. The Morgan fingerprint density at radius 1 is 1.14 bits per heavy atom. The number of rotatable bonds is 8. The summed E-state index contributed by atoms with van der Waals surface area (Å²) >= 11 is 6.97. The Morgan fingerprint density at radius 2 is 1.86 bits per heavy atom. The van der Waals surface area contributed by atoms with E-state index in [2.05, 4.69) is 38.3 Å². The third-order valence-electron chi connectivity index (χ3n) is 6.75. The van der Waals surface area contributed by atoms with Crippen molar-refractivity contribution in [3.05, 3.63) is 57.5 Å².